The minimum Gasteiger partial charge on any atom is -0.493 e. The molecule has 0 aliphatic heterocycles. The highest BCUT2D eigenvalue weighted by Crippen LogP contribution is 2.28. The number of hydrogen-bond donors (Lipinski definition) is 1. The summed E-state index contributed by atoms with van der Waals surface area (Å²) in [6.45, 7) is 0.350. The summed E-state index contributed by atoms with van der Waals surface area (Å²) in [6, 6.07) is 18.6. The van der Waals surface area contributed by atoms with Gasteiger partial charge in [0, 0.05) is 16.7 Å². The van der Waals surface area contributed by atoms with Gasteiger partial charge in [-0.15, -0.1) is 0 Å². The molecule has 0 aromatic heterocycles. The molecule has 0 saturated heterocycles. The van der Waals surface area contributed by atoms with Crippen molar-refractivity contribution in [1.82, 2.24) is 5.43 Å². The van der Waals surface area contributed by atoms with Crippen molar-refractivity contribution in [3.8, 4) is 11.5 Å². The number of amides is 1. The van der Waals surface area contributed by atoms with E-state index in [4.69, 9.17) is 21.1 Å². The average Bonchev–Trinajstić information content (AvgIpc) is 2.79. The van der Waals surface area contributed by atoms with Crippen LogP contribution in [0, 0.1) is 10.1 Å². The molecule has 3 aromatic rings. The van der Waals surface area contributed by atoms with Gasteiger partial charge in [0.1, 0.15) is 6.61 Å². The maximum atomic E-state index is 12.1. The molecule has 0 fully saturated rings. The van der Waals surface area contributed by atoms with Crippen molar-refractivity contribution in [3.05, 3.63) is 98.6 Å². The van der Waals surface area contributed by atoms with E-state index < -0.39 is 10.8 Å². The largest absolute Gasteiger partial charge is 0.493 e. The number of methoxy groups -OCH3 is 1. The van der Waals surface area contributed by atoms with E-state index in [-0.39, 0.29) is 12.1 Å². The molecule has 0 heterocycles. The molecule has 8 nitrogen and oxygen atoms in total. The highest BCUT2D eigenvalue weighted by atomic mass is 35.5. The fraction of sp³-hybridized carbons (Fsp3) is 0.130. The topological polar surface area (TPSA) is 103 Å². The van der Waals surface area contributed by atoms with Crippen molar-refractivity contribution in [3.63, 3.8) is 0 Å². The van der Waals surface area contributed by atoms with Crippen LogP contribution in [0.15, 0.2) is 71.8 Å². The van der Waals surface area contributed by atoms with Gasteiger partial charge in [0.05, 0.1) is 24.7 Å². The predicted octanol–water partition coefficient (Wildman–Crippen LogP) is 4.53. The highest BCUT2D eigenvalue weighted by molar-refractivity contribution is 6.30. The van der Waals surface area contributed by atoms with Gasteiger partial charge in [-0.25, -0.2) is 5.43 Å². The van der Waals surface area contributed by atoms with Crippen LogP contribution in [-0.4, -0.2) is 24.2 Å². The molecule has 9 heteroatoms. The van der Waals surface area contributed by atoms with E-state index in [0.717, 1.165) is 5.56 Å². The Labute approximate surface area is 189 Å². The number of carbonyl (C=O) groups is 1. The first-order chi connectivity index (χ1) is 15.5. The number of hydrazone groups is 1. The Morgan fingerprint density at radius 3 is 2.59 bits per heavy atom. The minimum absolute atomic E-state index is 0.106. The highest BCUT2D eigenvalue weighted by Gasteiger charge is 2.15. The lowest BCUT2D eigenvalue weighted by Crippen LogP contribution is -2.20. The Hall–Kier alpha value is -3.91. The zero-order valence-corrected chi connectivity index (χ0v) is 17.9. The number of benzene rings is 3. The molecule has 0 atom stereocenters. The quantitative estimate of drug-likeness (QED) is 0.291. The molecule has 0 aliphatic carbocycles. The first-order valence-corrected chi connectivity index (χ1v) is 9.93. The van der Waals surface area contributed by atoms with Gasteiger partial charge >= 0.3 is 0 Å². The molecule has 0 spiro atoms. The van der Waals surface area contributed by atoms with E-state index in [2.05, 4.69) is 10.5 Å². The van der Waals surface area contributed by atoms with Crippen molar-refractivity contribution in [1.29, 1.82) is 0 Å². The SMILES string of the molecule is COc1cc(/C=N/NC(=O)Cc2ccccc2[N+](=O)[O-])ccc1OCc1ccc(Cl)cc1. The molecule has 3 rings (SSSR count). The zero-order chi connectivity index (χ0) is 22.9. The number of hydrogen-bond acceptors (Lipinski definition) is 6. The summed E-state index contributed by atoms with van der Waals surface area (Å²) >= 11 is 5.89. The molecular weight excluding hydrogens is 434 g/mol. The maximum Gasteiger partial charge on any atom is 0.273 e. The molecule has 32 heavy (non-hydrogen) atoms. The van der Waals surface area contributed by atoms with Crippen LogP contribution in [0.4, 0.5) is 5.69 Å². The number of nitrogens with one attached hydrogen (secondary N) is 1. The van der Waals surface area contributed by atoms with Crippen LogP contribution in [0.25, 0.3) is 0 Å². The lowest BCUT2D eigenvalue weighted by atomic mass is 10.1. The molecule has 0 saturated carbocycles. The van der Waals surface area contributed by atoms with Crippen LogP contribution in [0.1, 0.15) is 16.7 Å². The number of para-hydroxylation sites is 1. The smallest absolute Gasteiger partial charge is 0.273 e. The van der Waals surface area contributed by atoms with Gasteiger partial charge in [-0.2, -0.15) is 5.10 Å². The van der Waals surface area contributed by atoms with Crippen LogP contribution in [0.2, 0.25) is 5.02 Å². The number of carbonyl (C=O) groups excluding carboxylic acids is 1. The Balaban J connectivity index is 1.59. The fourth-order valence-electron chi connectivity index (χ4n) is 2.86. The second-order valence-corrected chi connectivity index (χ2v) is 7.12. The third-order valence-electron chi connectivity index (χ3n) is 4.44. The summed E-state index contributed by atoms with van der Waals surface area (Å²) in [5.74, 6) is 0.597. The van der Waals surface area contributed by atoms with E-state index >= 15 is 0 Å². The fourth-order valence-corrected chi connectivity index (χ4v) is 2.98. The summed E-state index contributed by atoms with van der Waals surface area (Å²) < 4.78 is 11.2. The Morgan fingerprint density at radius 1 is 1.12 bits per heavy atom. The molecule has 3 aromatic carbocycles. The number of rotatable bonds is 9. The molecule has 0 radical (unpaired) electrons. The first-order valence-electron chi connectivity index (χ1n) is 9.55. The van der Waals surface area contributed by atoms with Gasteiger partial charge in [0.15, 0.2) is 11.5 Å². The van der Waals surface area contributed by atoms with Crippen LogP contribution in [0.5, 0.6) is 11.5 Å². The lowest BCUT2D eigenvalue weighted by Gasteiger charge is -2.11. The normalized spacial score (nSPS) is 10.7. The van der Waals surface area contributed by atoms with Gasteiger partial charge in [-0.1, -0.05) is 41.9 Å². The summed E-state index contributed by atoms with van der Waals surface area (Å²) in [7, 11) is 1.53. The van der Waals surface area contributed by atoms with Crippen LogP contribution in [-0.2, 0) is 17.8 Å². The lowest BCUT2D eigenvalue weighted by molar-refractivity contribution is -0.385. The van der Waals surface area contributed by atoms with Crippen molar-refractivity contribution in [2.75, 3.05) is 7.11 Å². The van der Waals surface area contributed by atoms with E-state index in [0.29, 0.717) is 34.3 Å². The van der Waals surface area contributed by atoms with Gasteiger partial charge in [0.25, 0.3) is 5.69 Å². The summed E-state index contributed by atoms with van der Waals surface area (Å²) in [5, 5.41) is 15.6. The standard InChI is InChI=1S/C23H20ClN3O5/c1-31-22-12-17(8-11-21(22)32-15-16-6-9-19(24)10-7-16)14-25-26-23(28)13-18-4-2-3-5-20(18)27(29)30/h2-12,14H,13,15H2,1H3,(H,26,28)/b25-14+. The Morgan fingerprint density at radius 2 is 1.88 bits per heavy atom. The van der Waals surface area contributed by atoms with Crippen molar-refractivity contribution in [2.45, 2.75) is 13.0 Å². The summed E-state index contributed by atoms with van der Waals surface area (Å²) in [4.78, 5) is 22.6. The molecule has 0 aliphatic rings. The van der Waals surface area contributed by atoms with E-state index in [1.54, 1.807) is 42.5 Å². The van der Waals surface area contributed by atoms with E-state index in [9.17, 15) is 14.9 Å². The number of halogens is 1. The molecule has 1 N–H and O–H groups in total. The number of nitrogens with zero attached hydrogens (tertiary/aromatic N) is 2. The second-order valence-electron chi connectivity index (χ2n) is 6.68. The average molecular weight is 454 g/mol. The van der Waals surface area contributed by atoms with Gasteiger partial charge in [0.2, 0.25) is 5.91 Å². The Kier molecular flexibility index (Phi) is 7.77. The molecule has 1 amide bonds. The molecule has 0 bridgehead atoms. The summed E-state index contributed by atoms with van der Waals surface area (Å²) in [6.07, 6.45) is 1.29. The number of ether oxygens (including phenoxy) is 2. The first kappa shape index (κ1) is 22.8. The zero-order valence-electron chi connectivity index (χ0n) is 17.2. The van der Waals surface area contributed by atoms with Crippen LogP contribution >= 0.6 is 11.6 Å². The van der Waals surface area contributed by atoms with Gasteiger partial charge < -0.3 is 9.47 Å². The molecular formula is C23H20ClN3O5. The summed E-state index contributed by atoms with van der Waals surface area (Å²) in [5.41, 5.74) is 4.22. The number of nitro benzene ring substituents is 1. The van der Waals surface area contributed by atoms with Crippen molar-refractivity contribution < 1.29 is 19.2 Å². The molecule has 164 valence electrons. The van der Waals surface area contributed by atoms with Crippen molar-refractivity contribution >= 4 is 29.4 Å². The van der Waals surface area contributed by atoms with Crippen LogP contribution in [0.3, 0.4) is 0 Å². The second kappa shape index (κ2) is 10.9. The minimum atomic E-state index is -0.519. The van der Waals surface area contributed by atoms with E-state index in [1.807, 2.05) is 12.1 Å². The maximum absolute atomic E-state index is 12.1. The Bertz CT molecular complexity index is 1130. The van der Waals surface area contributed by atoms with Gasteiger partial charge in [-0.05, 0) is 41.5 Å². The molecule has 0 unspecified atom stereocenters. The third kappa shape index (κ3) is 6.29. The number of nitro groups is 1. The third-order valence-corrected chi connectivity index (χ3v) is 4.69. The van der Waals surface area contributed by atoms with Crippen LogP contribution < -0.4 is 14.9 Å². The monoisotopic (exact) mass is 453 g/mol. The van der Waals surface area contributed by atoms with Gasteiger partial charge in [-0.3, -0.25) is 14.9 Å². The predicted molar refractivity (Wildman–Crippen MR) is 121 cm³/mol. The van der Waals surface area contributed by atoms with Crippen molar-refractivity contribution in [2.24, 2.45) is 5.10 Å². The van der Waals surface area contributed by atoms with E-state index in [1.165, 1.54) is 25.5 Å².